The van der Waals surface area contributed by atoms with Crippen LogP contribution in [0.3, 0.4) is 0 Å². The molecule has 3 atom stereocenters. The fraction of sp³-hybridized carbons (Fsp3) is 0.633. The van der Waals surface area contributed by atoms with Gasteiger partial charge in [0, 0.05) is 0 Å². The van der Waals surface area contributed by atoms with Gasteiger partial charge in [0.2, 0.25) is 10.0 Å². The Kier molecular flexibility index (Phi) is 10.6. The van der Waals surface area contributed by atoms with E-state index in [-0.39, 0.29) is 29.6 Å². The summed E-state index contributed by atoms with van der Waals surface area (Å²) in [5.41, 5.74) is 1.25. The Morgan fingerprint density at radius 3 is 2.63 bits per heavy atom. The number of likely N-dealkylation sites (tertiary alicyclic amines) is 1. The van der Waals surface area contributed by atoms with Crippen LogP contribution in [0.15, 0.2) is 35.4 Å². The van der Waals surface area contributed by atoms with Crippen LogP contribution < -0.4 is 15.6 Å². The van der Waals surface area contributed by atoms with E-state index in [1.165, 1.54) is 0 Å². The van der Waals surface area contributed by atoms with Crippen LogP contribution in [0, 0.1) is 34.8 Å². The van der Waals surface area contributed by atoms with E-state index in [4.69, 9.17) is 16.0 Å². The number of hydrazine groups is 1. The van der Waals surface area contributed by atoms with Crippen LogP contribution in [0.1, 0.15) is 59.3 Å². The SMILES string of the molecule is CCCS(=O)(=O)Nc1ccc(F)c(N(N)CC(=N)C2=CC(CC)=CC(C3CCCN(C4COC4)CCC3C)C2)c1F. The van der Waals surface area contributed by atoms with Gasteiger partial charge in [-0.2, -0.15) is 0 Å². The molecule has 41 heavy (non-hydrogen) atoms. The number of rotatable bonds is 11. The predicted octanol–water partition coefficient (Wildman–Crippen LogP) is 5.24. The maximum Gasteiger partial charge on any atom is 0.232 e. The highest BCUT2D eigenvalue weighted by molar-refractivity contribution is 7.92. The first-order chi connectivity index (χ1) is 19.5. The van der Waals surface area contributed by atoms with Crippen molar-refractivity contribution in [2.45, 2.75) is 65.3 Å². The zero-order chi connectivity index (χ0) is 29.7. The van der Waals surface area contributed by atoms with Gasteiger partial charge >= 0.3 is 0 Å². The molecule has 1 aliphatic carbocycles. The Labute approximate surface area is 243 Å². The topological polar surface area (TPSA) is 112 Å². The molecule has 1 aromatic carbocycles. The summed E-state index contributed by atoms with van der Waals surface area (Å²) in [5, 5.41) is 9.73. The monoisotopic (exact) mass is 593 g/mol. The number of allylic oxidation sites excluding steroid dienone is 3. The summed E-state index contributed by atoms with van der Waals surface area (Å²) in [7, 11) is -3.78. The molecule has 4 rings (SSSR count). The Morgan fingerprint density at radius 1 is 1.22 bits per heavy atom. The van der Waals surface area contributed by atoms with Crippen LogP contribution in [0.5, 0.6) is 0 Å². The fourth-order valence-corrected chi connectivity index (χ4v) is 7.42. The van der Waals surface area contributed by atoms with Crippen molar-refractivity contribution in [2.24, 2.45) is 23.6 Å². The Hall–Kier alpha value is -2.34. The minimum absolute atomic E-state index is 0.188. The highest BCUT2D eigenvalue weighted by atomic mass is 32.2. The summed E-state index contributed by atoms with van der Waals surface area (Å²) in [6.07, 6.45) is 9.61. The molecule has 0 aromatic heterocycles. The third-order valence-corrected chi connectivity index (χ3v) is 10.2. The number of benzene rings is 1. The van der Waals surface area contributed by atoms with Gasteiger partial charge in [0.25, 0.3) is 0 Å². The first kappa shape index (κ1) is 31.6. The molecule has 8 nitrogen and oxygen atoms in total. The quantitative estimate of drug-likeness (QED) is 0.184. The second kappa shape index (κ2) is 13.8. The van der Waals surface area contributed by atoms with Gasteiger partial charge in [-0.3, -0.25) is 14.6 Å². The van der Waals surface area contributed by atoms with Crippen LogP contribution in [0.2, 0.25) is 0 Å². The standard InChI is InChI=1S/C30H45F2N5O3S/c1-4-13-41(38,39)35-28-9-8-26(31)30(29(28)32)37(34)17-27(33)23-15-21(5-2)14-22(16-23)25-7-6-11-36(12-10-20(25)3)24-18-40-19-24/h8-9,14-15,20,22,24-25,33,35H,4-7,10-13,16-19,34H2,1-3H3. The summed E-state index contributed by atoms with van der Waals surface area (Å²) in [6, 6.07) is 2.58. The molecule has 4 N–H and O–H groups in total. The van der Waals surface area contributed by atoms with E-state index in [1.54, 1.807) is 6.92 Å². The summed E-state index contributed by atoms with van der Waals surface area (Å²) in [6.45, 7) is 9.75. The van der Waals surface area contributed by atoms with Crippen LogP contribution in [-0.2, 0) is 14.8 Å². The van der Waals surface area contributed by atoms with E-state index in [2.05, 4.69) is 29.5 Å². The van der Waals surface area contributed by atoms with Gasteiger partial charge in [0.05, 0.1) is 43.0 Å². The third kappa shape index (κ3) is 7.74. The van der Waals surface area contributed by atoms with Crippen molar-refractivity contribution in [1.82, 2.24) is 4.90 Å². The Morgan fingerprint density at radius 2 is 1.98 bits per heavy atom. The highest BCUT2D eigenvalue weighted by Gasteiger charge is 2.33. The van der Waals surface area contributed by atoms with Crippen molar-refractivity contribution >= 4 is 27.1 Å². The van der Waals surface area contributed by atoms with E-state index < -0.39 is 27.3 Å². The van der Waals surface area contributed by atoms with Gasteiger partial charge in [-0.1, -0.05) is 38.5 Å². The molecule has 3 unspecified atom stereocenters. The second-order valence-corrected chi connectivity index (χ2v) is 13.6. The van der Waals surface area contributed by atoms with E-state index in [0.29, 0.717) is 30.7 Å². The molecule has 0 saturated carbocycles. The average Bonchev–Trinajstić information content (AvgIpc) is 2.88. The third-order valence-electron chi connectivity index (χ3n) is 8.73. The molecule has 11 heteroatoms. The molecule has 0 amide bonds. The van der Waals surface area contributed by atoms with Crippen LogP contribution in [-0.4, -0.2) is 63.7 Å². The Balaban J connectivity index is 1.46. The molecule has 2 fully saturated rings. The normalized spacial score (nSPS) is 24.5. The van der Waals surface area contributed by atoms with Crippen molar-refractivity contribution < 1.29 is 21.9 Å². The molecule has 2 saturated heterocycles. The largest absolute Gasteiger partial charge is 0.378 e. The average molecular weight is 594 g/mol. The van der Waals surface area contributed by atoms with Gasteiger partial charge in [-0.05, 0) is 87.1 Å². The van der Waals surface area contributed by atoms with E-state index >= 15 is 4.39 Å². The number of nitrogens with two attached hydrogens (primary N) is 1. The van der Waals surface area contributed by atoms with E-state index in [9.17, 15) is 12.8 Å². The van der Waals surface area contributed by atoms with E-state index in [1.807, 2.05) is 6.08 Å². The zero-order valence-corrected chi connectivity index (χ0v) is 25.3. The number of anilines is 2. The smallest absolute Gasteiger partial charge is 0.232 e. The van der Waals surface area contributed by atoms with Gasteiger partial charge in [0.15, 0.2) is 11.6 Å². The number of hydrogen-bond donors (Lipinski definition) is 3. The number of ether oxygens (including phenoxy) is 1. The minimum Gasteiger partial charge on any atom is -0.378 e. The van der Waals surface area contributed by atoms with Crippen molar-refractivity contribution in [2.75, 3.05) is 48.3 Å². The molecule has 3 aliphatic rings. The van der Waals surface area contributed by atoms with Crippen molar-refractivity contribution in [3.8, 4) is 0 Å². The highest BCUT2D eigenvalue weighted by Crippen LogP contribution is 2.39. The molecule has 0 bridgehead atoms. The lowest BCUT2D eigenvalue weighted by molar-refractivity contribution is -0.0698. The lowest BCUT2D eigenvalue weighted by Crippen LogP contribution is -2.50. The maximum atomic E-state index is 15.3. The van der Waals surface area contributed by atoms with Crippen LogP contribution in [0.4, 0.5) is 20.2 Å². The van der Waals surface area contributed by atoms with Crippen molar-refractivity contribution in [1.29, 1.82) is 5.41 Å². The molecule has 0 radical (unpaired) electrons. The molecule has 0 spiro atoms. The van der Waals surface area contributed by atoms with Gasteiger partial charge in [-0.15, -0.1) is 0 Å². The minimum atomic E-state index is -3.78. The molecule has 228 valence electrons. The van der Waals surface area contributed by atoms with Gasteiger partial charge < -0.3 is 10.1 Å². The number of sulfonamides is 1. The molecular formula is C30H45F2N5O3S. The van der Waals surface area contributed by atoms with E-state index in [0.717, 1.165) is 80.3 Å². The molecule has 2 heterocycles. The summed E-state index contributed by atoms with van der Waals surface area (Å²) in [5.74, 6) is 5.22. The van der Waals surface area contributed by atoms with Crippen molar-refractivity contribution in [3.63, 3.8) is 0 Å². The molecular weight excluding hydrogens is 548 g/mol. The number of nitrogens with one attached hydrogen (secondary N) is 2. The van der Waals surface area contributed by atoms with Crippen LogP contribution >= 0.6 is 0 Å². The summed E-state index contributed by atoms with van der Waals surface area (Å²) in [4.78, 5) is 2.57. The Bertz CT molecular complexity index is 1260. The molecule has 2 aliphatic heterocycles. The number of hydrogen-bond acceptors (Lipinski definition) is 7. The zero-order valence-electron chi connectivity index (χ0n) is 24.5. The first-order valence-electron chi connectivity index (χ1n) is 14.8. The second-order valence-electron chi connectivity index (χ2n) is 11.7. The lowest BCUT2D eigenvalue weighted by atomic mass is 9.71. The van der Waals surface area contributed by atoms with Gasteiger partial charge in [-0.25, -0.2) is 23.0 Å². The number of nitrogens with zero attached hydrogens (tertiary/aromatic N) is 2. The summed E-state index contributed by atoms with van der Waals surface area (Å²) < 4.78 is 62.0. The predicted molar refractivity (Wildman–Crippen MR) is 161 cm³/mol. The summed E-state index contributed by atoms with van der Waals surface area (Å²) >= 11 is 0. The number of halogens is 2. The van der Waals surface area contributed by atoms with Gasteiger partial charge in [0.1, 0.15) is 5.69 Å². The van der Waals surface area contributed by atoms with Crippen LogP contribution in [0.25, 0.3) is 0 Å². The maximum absolute atomic E-state index is 15.3. The first-order valence-corrected chi connectivity index (χ1v) is 16.5. The van der Waals surface area contributed by atoms with Crippen molar-refractivity contribution in [3.05, 3.63) is 47.1 Å². The fourth-order valence-electron chi connectivity index (χ4n) is 6.29. The molecule has 1 aromatic rings. The lowest BCUT2D eigenvalue weighted by Gasteiger charge is -2.42.